The van der Waals surface area contributed by atoms with Crippen LogP contribution in [-0.2, 0) is 16.6 Å². The monoisotopic (exact) mass is 282 g/mol. The van der Waals surface area contributed by atoms with Gasteiger partial charge in [-0.2, -0.15) is 4.31 Å². The zero-order chi connectivity index (χ0) is 14.2. The highest BCUT2D eigenvalue weighted by Crippen LogP contribution is 2.27. The summed E-state index contributed by atoms with van der Waals surface area (Å²) in [6, 6.07) is 3.65. The van der Waals surface area contributed by atoms with Gasteiger partial charge in [-0.05, 0) is 48.9 Å². The first kappa shape index (κ1) is 14.5. The molecule has 0 amide bonds. The van der Waals surface area contributed by atoms with Gasteiger partial charge in [-0.25, -0.2) is 8.42 Å². The topological polar surface area (TPSA) is 63.4 Å². The van der Waals surface area contributed by atoms with E-state index in [1.807, 2.05) is 19.9 Å². The number of benzene rings is 1. The van der Waals surface area contributed by atoms with Crippen LogP contribution in [0.15, 0.2) is 17.0 Å². The molecule has 5 heteroatoms. The lowest BCUT2D eigenvalue weighted by Gasteiger charge is -2.19. The number of nitrogens with two attached hydrogens (primary N) is 1. The highest BCUT2D eigenvalue weighted by Gasteiger charge is 2.31. The Morgan fingerprint density at radius 3 is 2.53 bits per heavy atom. The van der Waals surface area contributed by atoms with Gasteiger partial charge in [-0.15, -0.1) is 0 Å². The van der Waals surface area contributed by atoms with E-state index in [1.165, 1.54) is 0 Å². The molecule has 1 aliphatic heterocycles. The number of sulfonamides is 1. The second-order valence-corrected chi connectivity index (χ2v) is 7.41. The smallest absolute Gasteiger partial charge is 0.243 e. The summed E-state index contributed by atoms with van der Waals surface area (Å²) in [5.41, 5.74) is 8.43. The van der Waals surface area contributed by atoms with Gasteiger partial charge < -0.3 is 5.73 Å². The molecule has 0 bridgehead atoms. The van der Waals surface area contributed by atoms with Gasteiger partial charge >= 0.3 is 0 Å². The Morgan fingerprint density at radius 2 is 2.00 bits per heavy atom. The van der Waals surface area contributed by atoms with Crippen LogP contribution < -0.4 is 5.73 Å². The van der Waals surface area contributed by atoms with Crippen molar-refractivity contribution in [3.05, 3.63) is 28.8 Å². The second-order valence-electron chi connectivity index (χ2n) is 5.51. The molecule has 2 N–H and O–H groups in total. The average molecular weight is 282 g/mol. The van der Waals surface area contributed by atoms with E-state index in [0.29, 0.717) is 30.4 Å². The summed E-state index contributed by atoms with van der Waals surface area (Å²) in [5, 5.41) is 0. The van der Waals surface area contributed by atoms with Gasteiger partial charge in [0.1, 0.15) is 0 Å². The lowest BCUT2D eigenvalue weighted by molar-refractivity contribution is 0.464. The minimum Gasteiger partial charge on any atom is -0.326 e. The first-order valence-corrected chi connectivity index (χ1v) is 8.10. The van der Waals surface area contributed by atoms with Crippen molar-refractivity contribution in [3.8, 4) is 0 Å². The fraction of sp³-hybridized carbons (Fsp3) is 0.571. The maximum Gasteiger partial charge on any atom is 0.243 e. The van der Waals surface area contributed by atoms with E-state index in [9.17, 15) is 8.42 Å². The molecule has 0 saturated carbocycles. The van der Waals surface area contributed by atoms with Crippen molar-refractivity contribution in [3.63, 3.8) is 0 Å². The van der Waals surface area contributed by atoms with Crippen molar-refractivity contribution < 1.29 is 8.42 Å². The molecule has 19 heavy (non-hydrogen) atoms. The van der Waals surface area contributed by atoms with Crippen molar-refractivity contribution in [2.75, 3.05) is 13.1 Å². The van der Waals surface area contributed by atoms with E-state index in [4.69, 9.17) is 5.73 Å². The van der Waals surface area contributed by atoms with Crippen LogP contribution in [0.2, 0.25) is 0 Å². The molecule has 1 aromatic rings. The van der Waals surface area contributed by atoms with Crippen molar-refractivity contribution in [2.45, 2.75) is 38.6 Å². The Bertz CT molecular complexity index is 581. The Balaban J connectivity index is 2.46. The summed E-state index contributed by atoms with van der Waals surface area (Å²) in [6.45, 7) is 7.50. The van der Waals surface area contributed by atoms with Gasteiger partial charge in [0.05, 0.1) is 4.90 Å². The van der Waals surface area contributed by atoms with Gasteiger partial charge in [0.15, 0.2) is 0 Å². The van der Waals surface area contributed by atoms with Gasteiger partial charge in [-0.3, -0.25) is 0 Å². The molecule has 4 nitrogen and oxygen atoms in total. The van der Waals surface area contributed by atoms with Gasteiger partial charge in [0.25, 0.3) is 0 Å². The van der Waals surface area contributed by atoms with Crippen LogP contribution in [-0.4, -0.2) is 25.8 Å². The molecule has 1 aliphatic rings. The number of hydrogen-bond acceptors (Lipinski definition) is 3. The number of hydrogen-bond donors (Lipinski definition) is 1. The molecular weight excluding hydrogens is 260 g/mol. The summed E-state index contributed by atoms with van der Waals surface area (Å²) in [7, 11) is -3.37. The highest BCUT2D eigenvalue weighted by atomic mass is 32.2. The van der Waals surface area contributed by atoms with Crippen LogP contribution in [0.1, 0.15) is 30.0 Å². The molecule has 1 aromatic carbocycles. The number of aryl methyl sites for hydroxylation is 2. The van der Waals surface area contributed by atoms with Crippen LogP contribution in [0.4, 0.5) is 0 Å². The molecule has 0 radical (unpaired) electrons. The van der Waals surface area contributed by atoms with Crippen molar-refractivity contribution >= 4 is 10.0 Å². The molecular formula is C14H22N2O2S. The predicted molar refractivity (Wildman–Crippen MR) is 76.3 cm³/mol. The third-order valence-corrected chi connectivity index (χ3v) is 5.86. The molecule has 1 atom stereocenters. The van der Waals surface area contributed by atoms with Gasteiger partial charge in [-0.1, -0.05) is 13.0 Å². The molecule has 106 valence electrons. The minimum absolute atomic E-state index is 0.366. The van der Waals surface area contributed by atoms with E-state index in [2.05, 4.69) is 6.92 Å². The number of rotatable bonds is 3. The average Bonchev–Trinajstić information content (AvgIpc) is 2.76. The molecule has 1 saturated heterocycles. The fourth-order valence-corrected chi connectivity index (χ4v) is 4.46. The SMILES string of the molecule is Cc1cc(C)c(S(=O)(=O)N2CCC(C)C2)cc1CN. The minimum atomic E-state index is -3.37. The molecule has 0 aliphatic carbocycles. The van der Waals surface area contributed by atoms with Crippen LogP contribution >= 0.6 is 0 Å². The lowest BCUT2D eigenvalue weighted by Crippen LogP contribution is -2.29. The lowest BCUT2D eigenvalue weighted by atomic mass is 10.1. The normalized spacial score (nSPS) is 20.9. The Kier molecular flexibility index (Phi) is 3.99. The molecule has 0 aromatic heterocycles. The maximum atomic E-state index is 12.7. The summed E-state index contributed by atoms with van der Waals surface area (Å²) in [4.78, 5) is 0.410. The zero-order valence-corrected chi connectivity index (χ0v) is 12.6. The Morgan fingerprint density at radius 1 is 1.32 bits per heavy atom. The third-order valence-electron chi connectivity index (χ3n) is 3.86. The summed E-state index contributed by atoms with van der Waals surface area (Å²) in [6.07, 6.45) is 0.938. The first-order chi connectivity index (χ1) is 8.86. The fourth-order valence-electron chi connectivity index (χ4n) is 2.62. The first-order valence-electron chi connectivity index (χ1n) is 6.66. The molecule has 1 fully saturated rings. The summed E-state index contributed by atoms with van der Waals surface area (Å²) < 4.78 is 26.9. The quantitative estimate of drug-likeness (QED) is 0.919. The van der Waals surface area contributed by atoms with E-state index in [-0.39, 0.29) is 0 Å². The van der Waals surface area contributed by atoms with Gasteiger partial charge in [0.2, 0.25) is 10.0 Å². The largest absolute Gasteiger partial charge is 0.326 e. The standard InChI is InChI=1S/C14H22N2O2S/c1-10-4-5-16(9-10)19(17,18)14-7-13(8-15)11(2)6-12(14)3/h6-7,10H,4-5,8-9,15H2,1-3H3. The van der Waals surface area contributed by atoms with Crippen molar-refractivity contribution in [1.82, 2.24) is 4.31 Å². The molecule has 0 spiro atoms. The maximum absolute atomic E-state index is 12.7. The van der Waals surface area contributed by atoms with E-state index in [0.717, 1.165) is 23.1 Å². The molecule has 1 heterocycles. The van der Waals surface area contributed by atoms with Gasteiger partial charge in [0, 0.05) is 19.6 Å². The van der Waals surface area contributed by atoms with E-state index in [1.54, 1.807) is 10.4 Å². The Labute approximate surface area is 115 Å². The van der Waals surface area contributed by atoms with Crippen molar-refractivity contribution in [2.24, 2.45) is 11.7 Å². The third kappa shape index (κ3) is 2.68. The van der Waals surface area contributed by atoms with Crippen LogP contribution in [0, 0.1) is 19.8 Å². The highest BCUT2D eigenvalue weighted by molar-refractivity contribution is 7.89. The molecule has 2 rings (SSSR count). The number of nitrogens with zero attached hydrogens (tertiary/aromatic N) is 1. The van der Waals surface area contributed by atoms with E-state index >= 15 is 0 Å². The van der Waals surface area contributed by atoms with Crippen LogP contribution in [0.5, 0.6) is 0 Å². The van der Waals surface area contributed by atoms with Crippen LogP contribution in [0.3, 0.4) is 0 Å². The Hall–Kier alpha value is -0.910. The summed E-state index contributed by atoms with van der Waals surface area (Å²) in [5.74, 6) is 0.439. The summed E-state index contributed by atoms with van der Waals surface area (Å²) >= 11 is 0. The van der Waals surface area contributed by atoms with Crippen molar-refractivity contribution in [1.29, 1.82) is 0 Å². The predicted octanol–water partition coefficient (Wildman–Crippen LogP) is 1.79. The second kappa shape index (κ2) is 5.23. The molecule has 1 unspecified atom stereocenters. The van der Waals surface area contributed by atoms with Crippen LogP contribution in [0.25, 0.3) is 0 Å². The zero-order valence-electron chi connectivity index (χ0n) is 11.8. The van der Waals surface area contributed by atoms with E-state index < -0.39 is 10.0 Å².